The summed E-state index contributed by atoms with van der Waals surface area (Å²) in [6.45, 7) is 5.45. The van der Waals surface area contributed by atoms with Crippen LogP contribution >= 0.6 is 0 Å². The molecule has 2 aromatic heterocycles. The molecule has 0 saturated heterocycles. The van der Waals surface area contributed by atoms with E-state index in [0.717, 1.165) is 23.1 Å². The molecule has 4 rings (SSSR count). The average Bonchev–Trinajstić information content (AvgIpc) is 3.54. The van der Waals surface area contributed by atoms with Crippen molar-refractivity contribution < 1.29 is 33.5 Å². The molecular weight excluding hydrogens is 520 g/mol. The van der Waals surface area contributed by atoms with Gasteiger partial charge in [-0.2, -0.15) is 5.10 Å². The number of carbonyl (C=O) groups excluding carboxylic acids is 1. The second-order valence-electron chi connectivity index (χ2n) is 8.78. The molecule has 2 aromatic carbocycles. The number of carbonyl (C=O) groups is 2. The summed E-state index contributed by atoms with van der Waals surface area (Å²) in [6, 6.07) is 18.7. The first-order chi connectivity index (χ1) is 19.1. The van der Waals surface area contributed by atoms with Crippen LogP contribution in [0.5, 0.6) is 11.5 Å². The van der Waals surface area contributed by atoms with Crippen molar-refractivity contribution in [1.29, 1.82) is 0 Å². The molecule has 0 fully saturated rings. The number of aliphatic carboxylic acids is 1. The van der Waals surface area contributed by atoms with E-state index in [2.05, 4.69) is 27.2 Å². The van der Waals surface area contributed by atoms with Crippen molar-refractivity contribution >= 4 is 23.8 Å². The van der Waals surface area contributed by atoms with Crippen molar-refractivity contribution in [3.63, 3.8) is 0 Å². The fourth-order valence-electron chi connectivity index (χ4n) is 3.82. The van der Waals surface area contributed by atoms with Crippen molar-refractivity contribution in [3.05, 3.63) is 105 Å². The number of ether oxygens (including phenoxy) is 2. The molecule has 0 saturated carbocycles. The number of aryl methyl sites for hydroxylation is 2. The van der Waals surface area contributed by atoms with Crippen LogP contribution in [0.3, 0.4) is 0 Å². The Hall–Kier alpha value is -5.39. The van der Waals surface area contributed by atoms with Crippen LogP contribution in [0.1, 0.15) is 40.2 Å². The van der Waals surface area contributed by atoms with Gasteiger partial charge in [-0.25, -0.2) is 10.2 Å². The van der Waals surface area contributed by atoms with Crippen LogP contribution in [0.15, 0.2) is 76.2 Å². The number of nitro groups is 1. The molecule has 0 unspecified atom stereocenters. The van der Waals surface area contributed by atoms with E-state index in [1.165, 1.54) is 31.3 Å². The molecular formula is C28H26N4O8. The predicted molar refractivity (Wildman–Crippen MR) is 144 cm³/mol. The Morgan fingerprint density at radius 1 is 1.10 bits per heavy atom. The molecule has 0 aliphatic rings. The maximum atomic E-state index is 12.4. The highest BCUT2D eigenvalue weighted by atomic mass is 16.6. The maximum Gasteiger partial charge on any atom is 0.344 e. The van der Waals surface area contributed by atoms with Crippen LogP contribution in [-0.2, 0) is 11.4 Å². The number of hydrazone groups is 1. The van der Waals surface area contributed by atoms with Crippen LogP contribution < -0.4 is 14.9 Å². The van der Waals surface area contributed by atoms with E-state index >= 15 is 0 Å². The van der Waals surface area contributed by atoms with Gasteiger partial charge >= 0.3 is 17.6 Å². The number of hydrogen-bond acceptors (Lipinski definition) is 8. The van der Waals surface area contributed by atoms with Gasteiger partial charge in [-0.05, 0) is 81.4 Å². The van der Waals surface area contributed by atoms with Crippen molar-refractivity contribution in [2.45, 2.75) is 33.5 Å². The number of aromatic nitrogens is 1. The summed E-state index contributed by atoms with van der Waals surface area (Å²) in [5, 5.41) is 24.1. The summed E-state index contributed by atoms with van der Waals surface area (Å²) in [7, 11) is 0. The summed E-state index contributed by atoms with van der Waals surface area (Å²) in [5.41, 5.74) is 5.42. The zero-order valence-corrected chi connectivity index (χ0v) is 21.9. The van der Waals surface area contributed by atoms with E-state index in [4.69, 9.17) is 19.0 Å². The summed E-state index contributed by atoms with van der Waals surface area (Å²) in [6.07, 6.45) is -0.0757. The van der Waals surface area contributed by atoms with Gasteiger partial charge in [-0.15, -0.1) is 0 Å². The van der Waals surface area contributed by atoms with E-state index in [0.29, 0.717) is 11.5 Å². The van der Waals surface area contributed by atoms with Gasteiger partial charge in [-0.1, -0.05) is 0 Å². The van der Waals surface area contributed by atoms with Gasteiger partial charge in [0.15, 0.2) is 17.6 Å². The lowest BCUT2D eigenvalue weighted by Gasteiger charge is -2.10. The van der Waals surface area contributed by atoms with E-state index in [1.807, 2.05) is 38.1 Å². The van der Waals surface area contributed by atoms with E-state index in [1.54, 1.807) is 6.07 Å². The highest BCUT2D eigenvalue weighted by Crippen LogP contribution is 2.28. The SMILES string of the molecule is Cc1ccc(C)n1-c1ccc(OCc2ccc(C(=O)N/N=C/c3ccc(O[C@@H](C)C(=O)O)c([N+](=O)[O-])c3)o2)cc1. The molecule has 0 bridgehead atoms. The van der Waals surface area contributed by atoms with Crippen molar-refractivity contribution in [1.82, 2.24) is 9.99 Å². The lowest BCUT2D eigenvalue weighted by atomic mass is 10.2. The third-order valence-corrected chi connectivity index (χ3v) is 5.84. The highest BCUT2D eigenvalue weighted by molar-refractivity contribution is 5.92. The number of nitrogens with zero attached hydrogens (tertiary/aromatic N) is 3. The largest absolute Gasteiger partial charge is 0.486 e. The quantitative estimate of drug-likeness (QED) is 0.154. The summed E-state index contributed by atoms with van der Waals surface area (Å²) in [4.78, 5) is 34.0. The number of amides is 1. The first kappa shape index (κ1) is 27.6. The first-order valence-corrected chi connectivity index (χ1v) is 12.1. The predicted octanol–water partition coefficient (Wildman–Crippen LogP) is 4.79. The third-order valence-electron chi connectivity index (χ3n) is 5.84. The molecule has 0 radical (unpaired) electrons. The number of nitrogens with one attached hydrogen (secondary N) is 1. The number of carboxylic acid groups (broad SMARTS) is 1. The van der Waals surface area contributed by atoms with Gasteiger partial charge in [0.25, 0.3) is 0 Å². The van der Waals surface area contributed by atoms with Crippen molar-refractivity contribution in [2.75, 3.05) is 0 Å². The molecule has 12 nitrogen and oxygen atoms in total. The van der Waals surface area contributed by atoms with Crippen LogP contribution in [0.2, 0.25) is 0 Å². The Labute approximate surface area is 228 Å². The number of benzene rings is 2. The second kappa shape index (κ2) is 12.0. The van der Waals surface area contributed by atoms with Gasteiger partial charge in [0.1, 0.15) is 18.1 Å². The molecule has 2 N–H and O–H groups in total. The zero-order valence-electron chi connectivity index (χ0n) is 21.9. The Kier molecular flexibility index (Phi) is 8.28. The fraction of sp³-hybridized carbons (Fsp3) is 0.179. The Balaban J connectivity index is 1.32. The molecule has 1 amide bonds. The lowest BCUT2D eigenvalue weighted by molar-refractivity contribution is -0.386. The van der Waals surface area contributed by atoms with Gasteiger partial charge < -0.3 is 23.6 Å². The van der Waals surface area contributed by atoms with Gasteiger partial charge in [0, 0.05) is 28.7 Å². The second-order valence-corrected chi connectivity index (χ2v) is 8.78. The standard InChI is InChI=1S/C28H26N4O8/c1-17-4-5-18(2)31(17)21-7-9-22(10-8-21)38-16-23-11-13-26(40-23)27(33)30-29-15-20-6-12-25(24(14-20)32(36)37)39-19(3)28(34)35/h4-15,19H,16H2,1-3H3,(H,30,33)(H,34,35)/b29-15+/t19-/m0/s1. The number of furan rings is 1. The minimum atomic E-state index is -1.27. The molecule has 12 heteroatoms. The van der Waals surface area contributed by atoms with Crippen LogP contribution in [0.4, 0.5) is 5.69 Å². The number of hydrogen-bond donors (Lipinski definition) is 2. The Morgan fingerprint density at radius 2 is 1.80 bits per heavy atom. The lowest BCUT2D eigenvalue weighted by Crippen LogP contribution is -2.23. The summed E-state index contributed by atoms with van der Waals surface area (Å²) >= 11 is 0. The monoisotopic (exact) mass is 546 g/mol. The smallest absolute Gasteiger partial charge is 0.344 e. The molecule has 0 aliphatic heterocycles. The minimum Gasteiger partial charge on any atom is -0.486 e. The Bertz CT molecular complexity index is 1550. The van der Waals surface area contributed by atoms with Gasteiger partial charge in [-0.3, -0.25) is 14.9 Å². The molecule has 0 aliphatic carbocycles. The molecule has 40 heavy (non-hydrogen) atoms. The minimum absolute atomic E-state index is 0.00189. The highest BCUT2D eigenvalue weighted by Gasteiger charge is 2.21. The molecule has 1 atom stereocenters. The topological polar surface area (TPSA) is 158 Å². The first-order valence-electron chi connectivity index (χ1n) is 12.1. The fourth-order valence-corrected chi connectivity index (χ4v) is 3.82. The maximum absolute atomic E-state index is 12.4. The van der Waals surface area contributed by atoms with Gasteiger partial charge in [0.2, 0.25) is 0 Å². The van der Waals surface area contributed by atoms with Crippen LogP contribution in [-0.4, -0.2) is 38.8 Å². The van der Waals surface area contributed by atoms with E-state index < -0.39 is 28.6 Å². The molecule has 0 spiro atoms. The third kappa shape index (κ3) is 6.54. The van der Waals surface area contributed by atoms with Gasteiger partial charge in [0.05, 0.1) is 11.1 Å². The molecule has 4 aromatic rings. The molecule has 206 valence electrons. The normalized spacial score (nSPS) is 11.8. The van der Waals surface area contributed by atoms with E-state index in [-0.39, 0.29) is 23.7 Å². The summed E-state index contributed by atoms with van der Waals surface area (Å²) in [5.74, 6) is -1.02. The van der Waals surface area contributed by atoms with Crippen LogP contribution in [0.25, 0.3) is 5.69 Å². The Morgan fingerprint density at radius 3 is 2.45 bits per heavy atom. The van der Waals surface area contributed by atoms with Crippen LogP contribution in [0, 0.1) is 24.0 Å². The number of carboxylic acids is 1. The number of nitro benzene ring substituents is 1. The van der Waals surface area contributed by atoms with Crippen molar-refractivity contribution in [2.24, 2.45) is 5.10 Å². The van der Waals surface area contributed by atoms with Crippen molar-refractivity contribution in [3.8, 4) is 17.2 Å². The number of rotatable bonds is 11. The summed E-state index contributed by atoms with van der Waals surface area (Å²) < 4.78 is 18.6. The van der Waals surface area contributed by atoms with E-state index in [9.17, 15) is 19.7 Å². The zero-order chi connectivity index (χ0) is 28.8. The average molecular weight is 547 g/mol. The molecule has 2 heterocycles.